The van der Waals surface area contributed by atoms with Crippen molar-refractivity contribution in [1.82, 2.24) is 24.3 Å². The molecule has 0 spiro atoms. The highest BCUT2D eigenvalue weighted by Gasteiger charge is 2.21. The molecule has 1 aromatic carbocycles. The summed E-state index contributed by atoms with van der Waals surface area (Å²) in [5.41, 5.74) is 3.33. The standard InChI is InChI=1S/C20H23N5O/c26-20(7-10-25-16-22-18-3-1-2-4-19(18)25)24-13-11-23(12-14-24)15-17-5-8-21-9-6-17/h1-6,8-9,16H,7,10-15H2. The Bertz CT molecular complexity index is 868. The number of amides is 1. The molecular formula is C20H23N5O. The van der Waals surface area contributed by atoms with Gasteiger partial charge in [0.25, 0.3) is 0 Å². The van der Waals surface area contributed by atoms with E-state index in [9.17, 15) is 4.79 Å². The second-order valence-corrected chi connectivity index (χ2v) is 6.69. The molecule has 0 aliphatic carbocycles. The van der Waals surface area contributed by atoms with Gasteiger partial charge in [-0.25, -0.2) is 4.98 Å². The SMILES string of the molecule is O=C(CCn1cnc2ccccc21)N1CCN(Cc2ccncc2)CC1. The molecule has 1 aliphatic rings. The van der Waals surface area contributed by atoms with Gasteiger partial charge in [0.2, 0.25) is 5.91 Å². The highest BCUT2D eigenvalue weighted by Crippen LogP contribution is 2.13. The Morgan fingerprint density at radius 3 is 2.58 bits per heavy atom. The molecule has 134 valence electrons. The molecule has 1 amide bonds. The van der Waals surface area contributed by atoms with Gasteiger partial charge in [-0.3, -0.25) is 14.7 Å². The summed E-state index contributed by atoms with van der Waals surface area (Å²) in [4.78, 5) is 25.4. The Kier molecular flexibility index (Phi) is 4.93. The average molecular weight is 349 g/mol. The third-order valence-electron chi connectivity index (χ3n) is 4.97. The van der Waals surface area contributed by atoms with Gasteiger partial charge < -0.3 is 9.47 Å². The Morgan fingerprint density at radius 2 is 1.77 bits per heavy atom. The fourth-order valence-corrected chi connectivity index (χ4v) is 3.46. The minimum atomic E-state index is 0.228. The molecule has 0 saturated carbocycles. The summed E-state index contributed by atoms with van der Waals surface area (Å²) in [6.07, 6.45) is 6.00. The van der Waals surface area contributed by atoms with Crippen LogP contribution in [0.4, 0.5) is 0 Å². The fourth-order valence-electron chi connectivity index (χ4n) is 3.46. The number of nitrogens with zero attached hydrogens (tertiary/aromatic N) is 5. The molecule has 0 radical (unpaired) electrons. The summed E-state index contributed by atoms with van der Waals surface area (Å²) < 4.78 is 2.06. The van der Waals surface area contributed by atoms with Crippen LogP contribution < -0.4 is 0 Å². The topological polar surface area (TPSA) is 54.3 Å². The number of imidazole rings is 1. The van der Waals surface area contributed by atoms with Crippen molar-refractivity contribution < 1.29 is 4.79 Å². The number of rotatable bonds is 5. The summed E-state index contributed by atoms with van der Waals surface area (Å²) in [5.74, 6) is 0.228. The quantitative estimate of drug-likeness (QED) is 0.708. The Labute approximate surface area is 153 Å². The van der Waals surface area contributed by atoms with Crippen molar-refractivity contribution >= 4 is 16.9 Å². The fraction of sp³-hybridized carbons (Fsp3) is 0.350. The Balaban J connectivity index is 1.27. The molecule has 1 fully saturated rings. The lowest BCUT2D eigenvalue weighted by molar-refractivity contribution is -0.133. The van der Waals surface area contributed by atoms with Crippen molar-refractivity contribution in [2.45, 2.75) is 19.5 Å². The van der Waals surface area contributed by atoms with Gasteiger partial charge >= 0.3 is 0 Å². The largest absolute Gasteiger partial charge is 0.340 e. The summed E-state index contributed by atoms with van der Waals surface area (Å²) in [6.45, 7) is 5.04. The van der Waals surface area contributed by atoms with Crippen LogP contribution in [0.1, 0.15) is 12.0 Å². The van der Waals surface area contributed by atoms with Crippen LogP contribution in [-0.4, -0.2) is 56.4 Å². The molecule has 0 atom stereocenters. The van der Waals surface area contributed by atoms with Crippen LogP contribution >= 0.6 is 0 Å². The Hall–Kier alpha value is -2.73. The smallest absolute Gasteiger partial charge is 0.224 e. The van der Waals surface area contributed by atoms with Crippen LogP contribution in [0.25, 0.3) is 11.0 Å². The highest BCUT2D eigenvalue weighted by atomic mass is 16.2. The van der Waals surface area contributed by atoms with Gasteiger partial charge in [0.1, 0.15) is 0 Å². The second-order valence-electron chi connectivity index (χ2n) is 6.69. The van der Waals surface area contributed by atoms with E-state index in [0.29, 0.717) is 13.0 Å². The van der Waals surface area contributed by atoms with Crippen molar-refractivity contribution in [2.75, 3.05) is 26.2 Å². The van der Waals surface area contributed by atoms with Crippen molar-refractivity contribution in [2.24, 2.45) is 0 Å². The van der Waals surface area contributed by atoms with Crippen molar-refractivity contribution in [1.29, 1.82) is 0 Å². The minimum Gasteiger partial charge on any atom is -0.340 e. The number of carbonyl (C=O) groups is 1. The molecule has 1 aliphatic heterocycles. The molecule has 2 aromatic heterocycles. The first kappa shape index (κ1) is 16.7. The number of hydrogen-bond acceptors (Lipinski definition) is 4. The molecule has 0 bridgehead atoms. The second kappa shape index (κ2) is 7.66. The zero-order chi connectivity index (χ0) is 17.8. The van der Waals surface area contributed by atoms with E-state index in [-0.39, 0.29) is 5.91 Å². The first-order chi connectivity index (χ1) is 12.8. The summed E-state index contributed by atoms with van der Waals surface area (Å²) >= 11 is 0. The first-order valence-electron chi connectivity index (χ1n) is 9.08. The van der Waals surface area contributed by atoms with Crippen LogP contribution in [0.15, 0.2) is 55.1 Å². The van der Waals surface area contributed by atoms with Gasteiger partial charge in [-0.05, 0) is 29.8 Å². The number of pyridine rings is 1. The third-order valence-corrected chi connectivity index (χ3v) is 4.97. The predicted octanol–water partition coefficient (Wildman–Crippen LogP) is 2.17. The van der Waals surface area contributed by atoms with Gasteiger partial charge in [0, 0.05) is 58.1 Å². The van der Waals surface area contributed by atoms with Crippen LogP contribution in [0.3, 0.4) is 0 Å². The number of hydrogen-bond donors (Lipinski definition) is 0. The molecule has 0 N–H and O–H groups in total. The van der Waals surface area contributed by atoms with E-state index in [1.807, 2.05) is 60.0 Å². The van der Waals surface area contributed by atoms with Crippen LogP contribution in [0, 0.1) is 0 Å². The summed E-state index contributed by atoms with van der Waals surface area (Å²) in [7, 11) is 0. The van der Waals surface area contributed by atoms with Crippen LogP contribution in [0.5, 0.6) is 0 Å². The molecular weight excluding hydrogens is 326 g/mol. The van der Waals surface area contributed by atoms with Crippen molar-refractivity contribution in [3.8, 4) is 0 Å². The van der Waals surface area contributed by atoms with E-state index < -0.39 is 0 Å². The van der Waals surface area contributed by atoms with E-state index in [1.54, 1.807) is 0 Å². The zero-order valence-corrected chi connectivity index (χ0v) is 14.8. The lowest BCUT2D eigenvalue weighted by Gasteiger charge is -2.34. The molecule has 26 heavy (non-hydrogen) atoms. The van der Waals surface area contributed by atoms with Crippen molar-refractivity contribution in [3.05, 3.63) is 60.7 Å². The molecule has 4 rings (SSSR count). The van der Waals surface area contributed by atoms with Crippen LogP contribution in [0.2, 0.25) is 0 Å². The van der Waals surface area contributed by atoms with E-state index in [1.165, 1.54) is 5.56 Å². The average Bonchev–Trinajstić information content (AvgIpc) is 3.11. The van der Waals surface area contributed by atoms with E-state index in [0.717, 1.165) is 43.8 Å². The van der Waals surface area contributed by atoms with E-state index >= 15 is 0 Å². The third kappa shape index (κ3) is 3.75. The maximum absolute atomic E-state index is 12.6. The maximum atomic E-state index is 12.6. The number of aryl methyl sites for hydroxylation is 1. The monoisotopic (exact) mass is 349 g/mol. The molecule has 0 unspecified atom stereocenters. The van der Waals surface area contributed by atoms with Gasteiger partial charge in [0.05, 0.1) is 17.4 Å². The molecule has 3 aromatic rings. The number of carbonyl (C=O) groups excluding carboxylic acids is 1. The number of aromatic nitrogens is 3. The number of piperazine rings is 1. The molecule has 6 nitrogen and oxygen atoms in total. The van der Waals surface area contributed by atoms with Crippen LogP contribution in [-0.2, 0) is 17.9 Å². The lowest BCUT2D eigenvalue weighted by atomic mass is 10.2. The number of fused-ring (bicyclic) bond motifs is 1. The summed E-state index contributed by atoms with van der Waals surface area (Å²) in [5, 5.41) is 0. The number of benzene rings is 1. The maximum Gasteiger partial charge on any atom is 0.224 e. The van der Waals surface area contributed by atoms with Gasteiger partial charge in [-0.15, -0.1) is 0 Å². The zero-order valence-electron chi connectivity index (χ0n) is 14.8. The normalized spacial score (nSPS) is 15.5. The lowest BCUT2D eigenvalue weighted by Crippen LogP contribution is -2.48. The predicted molar refractivity (Wildman–Crippen MR) is 100 cm³/mol. The minimum absolute atomic E-state index is 0.228. The van der Waals surface area contributed by atoms with E-state index in [2.05, 4.69) is 19.4 Å². The Morgan fingerprint density at radius 1 is 1.00 bits per heavy atom. The molecule has 3 heterocycles. The molecule has 6 heteroatoms. The van der Waals surface area contributed by atoms with Gasteiger partial charge in [-0.1, -0.05) is 12.1 Å². The van der Waals surface area contributed by atoms with Gasteiger partial charge in [0.15, 0.2) is 0 Å². The summed E-state index contributed by atoms with van der Waals surface area (Å²) in [6, 6.07) is 12.1. The molecule has 1 saturated heterocycles. The number of para-hydroxylation sites is 2. The van der Waals surface area contributed by atoms with Crippen molar-refractivity contribution in [3.63, 3.8) is 0 Å². The highest BCUT2D eigenvalue weighted by molar-refractivity contribution is 5.77. The van der Waals surface area contributed by atoms with Gasteiger partial charge in [-0.2, -0.15) is 0 Å². The van der Waals surface area contributed by atoms with E-state index in [4.69, 9.17) is 0 Å². The first-order valence-corrected chi connectivity index (χ1v) is 9.08.